The Labute approximate surface area is 212 Å². The standard InChI is InChI=1S/C27H33N3O5S/c1-20(26(32)28-22-13-6-3-7-14-22)29(19-21-11-4-2-5-12-21)25(31)17-10-18-30-27(33)23-15-8-9-16-24(23)36(30,34)35/h2,4-5,8-9,11-12,15-16,20,22H,3,6-7,10,13-14,17-19H2,1H3,(H,28,32)/t20-/m1/s1. The summed E-state index contributed by atoms with van der Waals surface area (Å²) in [5, 5.41) is 3.10. The van der Waals surface area contributed by atoms with Crippen molar-refractivity contribution in [3.05, 3.63) is 65.7 Å². The molecule has 1 atom stereocenters. The number of hydrogen-bond acceptors (Lipinski definition) is 5. The molecule has 1 aliphatic carbocycles. The lowest BCUT2D eigenvalue weighted by Gasteiger charge is -2.31. The average molecular weight is 512 g/mol. The van der Waals surface area contributed by atoms with Crippen molar-refractivity contribution in [2.24, 2.45) is 0 Å². The molecule has 0 aromatic heterocycles. The predicted octanol–water partition coefficient (Wildman–Crippen LogP) is 3.48. The van der Waals surface area contributed by atoms with Crippen molar-refractivity contribution in [3.63, 3.8) is 0 Å². The van der Waals surface area contributed by atoms with Crippen LogP contribution in [0.3, 0.4) is 0 Å². The molecule has 4 rings (SSSR count). The Bertz CT molecular complexity index is 1210. The molecule has 1 N–H and O–H groups in total. The Morgan fingerprint density at radius 1 is 1.03 bits per heavy atom. The Morgan fingerprint density at radius 2 is 1.69 bits per heavy atom. The summed E-state index contributed by atoms with van der Waals surface area (Å²) < 4.78 is 26.4. The molecule has 0 spiro atoms. The Hall–Kier alpha value is -3.20. The minimum absolute atomic E-state index is 0.0000339. The van der Waals surface area contributed by atoms with Crippen LogP contribution in [0.5, 0.6) is 0 Å². The van der Waals surface area contributed by atoms with Crippen LogP contribution in [-0.2, 0) is 26.2 Å². The minimum atomic E-state index is -3.91. The lowest BCUT2D eigenvalue weighted by Crippen LogP contribution is -2.50. The number of carbonyl (C=O) groups excluding carboxylic acids is 3. The van der Waals surface area contributed by atoms with Gasteiger partial charge in [-0.3, -0.25) is 14.4 Å². The molecule has 8 nitrogen and oxygen atoms in total. The van der Waals surface area contributed by atoms with E-state index in [1.165, 1.54) is 18.6 Å². The van der Waals surface area contributed by atoms with Gasteiger partial charge in [-0.05, 0) is 43.9 Å². The van der Waals surface area contributed by atoms with Crippen molar-refractivity contribution in [2.45, 2.75) is 75.4 Å². The van der Waals surface area contributed by atoms with Gasteiger partial charge in [0, 0.05) is 25.6 Å². The summed E-state index contributed by atoms with van der Waals surface area (Å²) >= 11 is 0. The molecule has 2 aliphatic rings. The van der Waals surface area contributed by atoms with Gasteiger partial charge in [-0.1, -0.05) is 61.7 Å². The SMILES string of the molecule is C[C@H](C(=O)NC1CCCCC1)N(Cc1ccccc1)C(=O)CCCN1C(=O)c2ccccc2S1(=O)=O. The van der Waals surface area contributed by atoms with Crippen LogP contribution in [0.1, 0.15) is 67.8 Å². The van der Waals surface area contributed by atoms with Crippen LogP contribution in [-0.4, -0.2) is 54.0 Å². The summed E-state index contributed by atoms with van der Waals surface area (Å²) in [7, 11) is -3.91. The molecular formula is C27H33N3O5S. The third-order valence-electron chi connectivity index (χ3n) is 6.98. The van der Waals surface area contributed by atoms with Crippen molar-refractivity contribution in [2.75, 3.05) is 6.54 Å². The predicted molar refractivity (Wildman–Crippen MR) is 135 cm³/mol. The van der Waals surface area contributed by atoms with Gasteiger partial charge >= 0.3 is 0 Å². The van der Waals surface area contributed by atoms with Crippen molar-refractivity contribution in [3.8, 4) is 0 Å². The zero-order chi connectivity index (χ0) is 25.7. The van der Waals surface area contributed by atoms with Gasteiger partial charge in [0.2, 0.25) is 11.8 Å². The second-order valence-corrected chi connectivity index (χ2v) is 11.3. The van der Waals surface area contributed by atoms with Crippen LogP contribution in [0.2, 0.25) is 0 Å². The summed E-state index contributed by atoms with van der Waals surface area (Å²) in [4.78, 5) is 40.6. The highest BCUT2D eigenvalue weighted by atomic mass is 32.2. The van der Waals surface area contributed by atoms with Crippen LogP contribution >= 0.6 is 0 Å². The molecule has 1 fully saturated rings. The van der Waals surface area contributed by atoms with Crippen molar-refractivity contribution < 1.29 is 22.8 Å². The fourth-order valence-electron chi connectivity index (χ4n) is 4.90. The largest absolute Gasteiger partial charge is 0.352 e. The number of fused-ring (bicyclic) bond motifs is 1. The maximum atomic E-state index is 13.3. The lowest BCUT2D eigenvalue weighted by molar-refractivity contribution is -0.141. The molecule has 3 amide bonds. The first kappa shape index (κ1) is 25.9. The van der Waals surface area contributed by atoms with Gasteiger partial charge in [-0.25, -0.2) is 12.7 Å². The number of nitrogens with zero attached hydrogens (tertiary/aromatic N) is 2. The number of benzene rings is 2. The molecule has 0 saturated heterocycles. The van der Waals surface area contributed by atoms with E-state index in [-0.39, 0.29) is 54.2 Å². The van der Waals surface area contributed by atoms with Crippen LogP contribution < -0.4 is 5.32 Å². The third kappa shape index (κ3) is 5.61. The molecule has 1 heterocycles. The quantitative estimate of drug-likeness (QED) is 0.555. The van der Waals surface area contributed by atoms with E-state index in [0.717, 1.165) is 35.6 Å². The van der Waals surface area contributed by atoms with Gasteiger partial charge in [0.25, 0.3) is 15.9 Å². The highest BCUT2D eigenvalue weighted by molar-refractivity contribution is 7.90. The molecule has 2 aromatic rings. The summed E-state index contributed by atoms with van der Waals surface area (Å²) in [6.07, 6.45) is 5.45. The van der Waals surface area contributed by atoms with Crippen LogP contribution in [0.25, 0.3) is 0 Å². The Morgan fingerprint density at radius 3 is 2.39 bits per heavy atom. The van der Waals surface area contributed by atoms with E-state index >= 15 is 0 Å². The highest BCUT2D eigenvalue weighted by Crippen LogP contribution is 2.30. The van der Waals surface area contributed by atoms with Gasteiger partial charge in [-0.2, -0.15) is 0 Å². The van der Waals surface area contributed by atoms with E-state index in [0.29, 0.717) is 0 Å². The van der Waals surface area contributed by atoms with Crippen molar-refractivity contribution in [1.82, 2.24) is 14.5 Å². The normalized spacial score (nSPS) is 17.9. The van der Waals surface area contributed by atoms with E-state index in [1.54, 1.807) is 24.0 Å². The topological polar surface area (TPSA) is 104 Å². The second kappa shape index (κ2) is 11.2. The second-order valence-electron chi connectivity index (χ2n) is 9.51. The van der Waals surface area contributed by atoms with Gasteiger partial charge < -0.3 is 10.2 Å². The summed E-state index contributed by atoms with van der Waals surface area (Å²) in [5.41, 5.74) is 1.05. The molecule has 9 heteroatoms. The first-order valence-electron chi connectivity index (χ1n) is 12.6. The third-order valence-corrected chi connectivity index (χ3v) is 8.82. The zero-order valence-corrected chi connectivity index (χ0v) is 21.4. The summed E-state index contributed by atoms with van der Waals surface area (Å²) in [5.74, 6) is -1.01. The van der Waals surface area contributed by atoms with Crippen LogP contribution in [0.15, 0.2) is 59.5 Å². The number of amides is 3. The molecule has 0 unspecified atom stereocenters. The van der Waals surface area contributed by atoms with Gasteiger partial charge in [0.05, 0.1) is 5.56 Å². The van der Waals surface area contributed by atoms with Gasteiger partial charge in [-0.15, -0.1) is 0 Å². The fourth-order valence-corrected chi connectivity index (χ4v) is 6.51. The van der Waals surface area contributed by atoms with E-state index < -0.39 is 22.0 Å². The number of carbonyl (C=O) groups is 3. The van der Waals surface area contributed by atoms with Gasteiger partial charge in [0.15, 0.2) is 0 Å². The maximum absolute atomic E-state index is 13.3. The van der Waals surface area contributed by atoms with Crippen LogP contribution in [0.4, 0.5) is 0 Å². The summed E-state index contributed by atoms with van der Waals surface area (Å²) in [6, 6.07) is 15.0. The molecule has 1 aliphatic heterocycles. The lowest BCUT2D eigenvalue weighted by atomic mass is 9.95. The fraction of sp³-hybridized carbons (Fsp3) is 0.444. The number of hydrogen-bond donors (Lipinski definition) is 1. The molecular weight excluding hydrogens is 478 g/mol. The Balaban J connectivity index is 1.42. The smallest absolute Gasteiger partial charge is 0.269 e. The number of sulfonamides is 1. The Kier molecular flexibility index (Phi) is 8.08. The summed E-state index contributed by atoms with van der Waals surface area (Å²) in [6.45, 7) is 1.90. The number of nitrogens with one attached hydrogen (secondary N) is 1. The highest BCUT2D eigenvalue weighted by Gasteiger charge is 2.40. The molecule has 0 radical (unpaired) electrons. The van der Waals surface area contributed by atoms with E-state index in [9.17, 15) is 22.8 Å². The van der Waals surface area contributed by atoms with Gasteiger partial charge in [0.1, 0.15) is 10.9 Å². The molecule has 192 valence electrons. The first-order chi connectivity index (χ1) is 17.3. The molecule has 36 heavy (non-hydrogen) atoms. The minimum Gasteiger partial charge on any atom is -0.352 e. The van der Waals surface area contributed by atoms with Crippen LogP contribution in [0, 0.1) is 0 Å². The molecule has 0 bridgehead atoms. The average Bonchev–Trinajstić information content (AvgIpc) is 3.08. The number of rotatable bonds is 9. The van der Waals surface area contributed by atoms with E-state index in [2.05, 4.69) is 5.32 Å². The zero-order valence-electron chi connectivity index (χ0n) is 20.6. The monoisotopic (exact) mass is 511 g/mol. The van der Waals surface area contributed by atoms with Crippen molar-refractivity contribution >= 4 is 27.7 Å². The molecule has 2 aromatic carbocycles. The maximum Gasteiger partial charge on any atom is 0.269 e. The van der Waals surface area contributed by atoms with Crippen molar-refractivity contribution in [1.29, 1.82) is 0 Å². The molecule has 1 saturated carbocycles. The van der Waals surface area contributed by atoms with E-state index in [4.69, 9.17) is 0 Å². The first-order valence-corrected chi connectivity index (χ1v) is 14.0. The van der Waals surface area contributed by atoms with E-state index in [1.807, 2.05) is 30.3 Å².